The minimum absolute atomic E-state index is 0.100. The quantitative estimate of drug-likeness (QED) is 0.759. The zero-order valence-electron chi connectivity index (χ0n) is 14.0. The molecule has 0 radical (unpaired) electrons. The molecule has 1 aliphatic rings. The number of imidazole rings is 1. The molecule has 1 fully saturated rings. The van der Waals surface area contributed by atoms with Crippen LogP contribution in [0.25, 0.3) is 0 Å². The summed E-state index contributed by atoms with van der Waals surface area (Å²) < 4.78 is 0. The summed E-state index contributed by atoms with van der Waals surface area (Å²) in [5, 5.41) is 13.6. The highest BCUT2D eigenvalue weighted by Crippen LogP contribution is 2.24. The first kappa shape index (κ1) is 17.0. The van der Waals surface area contributed by atoms with Crippen molar-refractivity contribution < 1.29 is 9.90 Å². The summed E-state index contributed by atoms with van der Waals surface area (Å²) in [6.45, 7) is 10.1. The molecule has 0 saturated carbocycles. The number of aliphatic hydroxyl groups is 1. The van der Waals surface area contributed by atoms with Gasteiger partial charge in [0.2, 0.25) is 5.91 Å². The van der Waals surface area contributed by atoms with E-state index in [1.807, 2.05) is 13.8 Å². The SMILES string of the molecule is CC(C)N1CCC(O)(CNC(=O)C(C)(C)c2cnc[nH]2)CC1. The van der Waals surface area contributed by atoms with Gasteiger partial charge in [0.1, 0.15) is 0 Å². The van der Waals surface area contributed by atoms with Gasteiger partial charge in [-0.2, -0.15) is 0 Å². The molecule has 3 N–H and O–H groups in total. The molecule has 1 aliphatic heterocycles. The molecular formula is C16H28N4O2. The second kappa shape index (κ2) is 6.38. The molecule has 0 aliphatic carbocycles. The third kappa shape index (κ3) is 3.67. The van der Waals surface area contributed by atoms with Crippen molar-refractivity contribution in [2.24, 2.45) is 0 Å². The van der Waals surface area contributed by atoms with E-state index in [9.17, 15) is 9.90 Å². The summed E-state index contributed by atoms with van der Waals surface area (Å²) in [6, 6.07) is 0.499. The molecule has 0 atom stereocenters. The third-order valence-electron chi connectivity index (χ3n) is 4.78. The zero-order chi connectivity index (χ0) is 16.4. The maximum Gasteiger partial charge on any atom is 0.231 e. The largest absolute Gasteiger partial charge is 0.388 e. The standard InChI is InChI=1S/C16H28N4O2/c1-12(2)20-7-5-16(22,6-8-20)10-18-14(21)15(3,4)13-9-17-11-19-13/h9,11-12,22H,5-8,10H2,1-4H3,(H,17,19)(H,18,21). The fraction of sp³-hybridized carbons (Fsp3) is 0.750. The molecule has 2 heterocycles. The Morgan fingerprint density at radius 1 is 1.50 bits per heavy atom. The Morgan fingerprint density at radius 2 is 2.14 bits per heavy atom. The van der Waals surface area contributed by atoms with Gasteiger partial charge in [0, 0.05) is 37.6 Å². The van der Waals surface area contributed by atoms with Gasteiger partial charge in [0.05, 0.1) is 17.3 Å². The van der Waals surface area contributed by atoms with E-state index in [0.717, 1.165) is 18.8 Å². The first-order valence-electron chi connectivity index (χ1n) is 7.98. The molecule has 6 nitrogen and oxygen atoms in total. The number of carbonyl (C=O) groups excluding carboxylic acids is 1. The minimum atomic E-state index is -0.800. The van der Waals surface area contributed by atoms with Gasteiger partial charge < -0.3 is 20.3 Å². The van der Waals surface area contributed by atoms with E-state index in [1.54, 1.807) is 12.5 Å². The lowest BCUT2D eigenvalue weighted by Gasteiger charge is -2.40. The molecule has 124 valence electrons. The number of aromatic amines is 1. The monoisotopic (exact) mass is 308 g/mol. The number of H-pyrrole nitrogens is 1. The van der Waals surface area contributed by atoms with E-state index >= 15 is 0 Å². The van der Waals surface area contributed by atoms with E-state index in [2.05, 4.69) is 34.0 Å². The number of rotatable bonds is 5. The Hall–Kier alpha value is -1.40. The summed E-state index contributed by atoms with van der Waals surface area (Å²) >= 11 is 0. The van der Waals surface area contributed by atoms with Gasteiger partial charge in [-0.3, -0.25) is 4.79 Å². The minimum Gasteiger partial charge on any atom is -0.388 e. The number of amides is 1. The normalized spacial score (nSPS) is 19.4. The van der Waals surface area contributed by atoms with E-state index in [1.165, 1.54) is 0 Å². The highest BCUT2D eigenvalue weighted by molar-refractivity contribution is 5.86. The van der Waals surface area contributed by atoms with E-state index in [-0.39, 0.29) is 5.91 Å². The average Bonchev–Trinajstić information content (AvgIpc) is 3.00. The smallest absolute Gasteiger partial charge is 0.231 e. The molecular weight excluding hydrogens is 280 g/mol. The van der Waals surface area contributed by atoms with Gasteiger partial charge in [-0.05, 0) is 40.5 Å². The highest BCUT2D eigenvalue weighted by Gasteiger charge is 2.36. The van der Waals surface area contributed by atoms with Crippen molar-refractivity contribution in [2.45, 2.75) is 57.6 Å². The lowest BCUT2D eigenvalue weighted by molar-refractivity contribution is -0.127. The summed E-state index contributed by atoms with van der Waals surface area (Å²) in [7, 11) is 0. The van der Waals surface area contributed by atoms with E-state index in [4.69, 9.17) is 0 Å². The van der Waals surface area contributed by atoms with Crippen LogP contribution in [0.4, 0.5) is 0 Å². The number of likely N-dealkylation sites (tertiary alicyclic amines) is 1. The van der Waals surface area contributed by atoms with E-state index in [0.29, 0.717) is 25.4 Å². The predicted molar refractivity (Wildman–Crippen MR) is 85.5 cm³/mol. The number of aromatic nitrogens is 2. The highest BCUT2D eigenvalue weighted by atomic mass is 16.3. The lowest BCUT2D eigenvalue weighted by Crippen LogP contribution is -2.54. The predicted octanol–water partition coefficient (Wildman–Crippen LogP) is 1.04. The first-order chi connectivity index (χ1) is 10.2. The van der Waals surface area contributed by atoms with Crippen LogP contribution in [0, 0.1) is 0 Å². The molecule has 2 rings (SSSR count). The molecule has 1 aromatic heterocycles. The Balaban J connectivity index is 1.89. The van der Waals surface area contributed by atoms with Crippen LogP contribution in [0.15, 0.2) is 12.5 Å². The van der Waals surface area contributed by atoms with Gasteiger partial charge in [-0.15, -0.1) is 0 Å². The number of hydrogen-bond donors (Lipinski definition) is 3. The molecule has 0 bridgehead atoms. The molecule has 0 unspecified atom stereocenters. The summed E-state index contributed by atoms with van der Waals surface area (Å²) in [5.41, 5.74) is -0.719. The van der Waals surface area contributed by atoms with Crippen molar-refractivity contribution in [3.63, 3.8) is 0 Å². The topological polar surface area (TPSA) is 81.2 Å². The number of hydrogen-bond acceptors (Lipinski definition) is 4. The van der Waals surface area contributed by atoms with Crippen LogP contribution in [0.3, 0.4) is 0 Å². The first-order valence-corrected chi connectivity index (χ1v) is 7.98. The van der Waals surface area contributed by atoms with Crippen LogP contribution < -0.4 is 5.32 Å². The zero-order valence-corrected chi connectivity index (χ0v) is 14.0. The van der Waals surface area contributed by atoms with Crippen LogP contribution in [0.2, 0.25) is 0 Å². The van der Waals surface area contributed by atoms with Crippen LogP contribution in [0.5, 0.6) is 0 Å². The molecule has 1 aromatic rings. The van der Waals surface area contributed by atoms with Gasteiger partial charge in [-0.1, -0.05) is 0 Å². The van der Waals surface area contributed by atoms with E-state index < -0.39 is 11.0 Å². The van der Waals surface area contributed by atoms with Crippen molar-refractivity contribution in [1.82, 2.24) is 20.2 Å². The Kier molecular flexibility index (Phi) is 4.92. The van der Waals surface area contributed by atoms with Crippen LogP contribution in [-0.2, 0) is 10.2 Å². The van der Waals surface area contributed by atoms with Gasteiger partial charge in [0.15, 0.2) is 0 Å². The number of carbonyl (C=O) groups is 1. The van der Waals surface area contributed by atoms with Gasteiger partial charge in [-0.25, -0.2) is 4.98 Å². The fourth-order valence-corrected chi connectivity index (χ4v) is 2.82. The number of nitrogens with one attached hydrogen (secondary N) is 2. The molecule has 6 heteroatoms. The number of nitrogens with zero attached hydrogens (tertiary/aromatic N) is 2. The number of piperidine rings is 1. The lowest BCUT2D eigenvalue weighted by atomic mass is 9.87. The third-order valence-corrected chi connectivity index (χ3v) is 4.78. The fourth-order valence-electron chi connectivity index (χ4n) is 2.82. The Bertz CT molecular complexity index is 488. The molecule has 1 saturated heterocycles. The van der Waals surface area contributed by atoms with Crippen LogP contribution in [0.1, 0.15) is 46.2 Å². The van der Waals surface area contributed by atoms with Gasteiger partial charge >= 0.3 is 0 Å². The van der Waals surface area contributed by atoms with Crippen LogP contribution in [-0.4, -0.2) is 57.2 Å². The second-order valence-corrected chi connectivity index (χ2v) is 7.13. The second-order valence-electron chi connectivity index (χ2n) is 7.13. The maximum atomic E-state index is 12.4. The summed E-state index contributed by atoms with van der Waals surface area (Å²) in [6.07, 6.45) is 4.61. The van der Waals surface area contributed by atoms with Crippen molar-refractivity contribution in [3.05, 3.63) is 18.2 Å². The Morgan fingerprint density at radius 3 is 2.64 bits per heavy atom. The van der Waals surface area contributed by atoms with Crippen molar-refractivity contribution in [1.29, 1.82) is 0 Å². The van der Waals surface area contributed by atoms with Gasteiger partial charge in [0.25, 0.3) is 0 Å². The molecule has 22 heavy (non-hydrogen) atoms. The average molecular weight is 308 g/mol. The maximum absolute atomic E-state index is 12.4. The van der Waals surface area contributed by atoms with Crippen molar-refractivity contribution in [2.75, 3.05) is 19.6 Å². The Labute approximate surface area is 132 Å². The molecule has 0 spiro atoms. The molecule has 0 aromatic carbocycles. The summed E-state index contributed by atoms with van der Waals surface area (Å²) in [4.78, 5) is 21.7. The van der Waals surface area contributed by atoms with Crippen molar-refractivity contribution in [3.8, 4) is 0 Å². The van der Waals surface area contributed by atoms with Crippen molar-refractivity contribution >= 4 is 5.91 Å². The van der Waals surface area contributed by atoms with Crippen LogP contribution >= 0.6 is 0 Å². The molecule has 1 amide bonds. The summed E-state index contributed by atoms with van der Waals surface area (Å²) in [5.74, 6) is -0.100.